The topological polar surface area (TPSA) is 81.6 Å². The molecule has 4 N–H and O–H groups in total. The maximum Gasteiger partial charge on any atom is 0.257 e. The van der Waals surface area contributed by atoms with Crippen molar-refractivity contribution in [2.24, 2.45) is 5.73 Å². The molecule has 1 saturated heterocycles. The Morgan fingerprint density at radius 1 is 1.42 bits per heavy atom. The number of anilines is 1. The molecule has 0 aromatic heterocycles. The van der Waals surface area contributed by atoms with Crippen LogP contribution in [0.25, 0.3) is 0 Å². The zero-order chi connectivity index (χ0) is 14.0. The standard InChI is InChI=1S/C13H18ClN3O2/c1-19-12-7-11(16)10(14)6-9(12)13(18)17-4-2-8(15)3-5-17/h6-8H,2-5,15-16H2,1H3. The molecule has 5 nitrogen and oxygen atoms in total. The molecule has 1 amide bonds. The molecule has 19 heavy (non-hydrogen) atoms. The van der Waals surface area contributed by atoms with E-state index in [0.717, 1.165) is 12.8 Å². The highest BCUT2D eigenvalue weighted by Gasteiger charge is 2.24. The Kier molecular flexibility index (Phi) is 4.17. The zero-order valence-corrected chi connectivity index (χ0v) is 11.6. The highest BCUT2D eigenvalue weighted by atomic mass is 35.5. The Morgan fingerprint density at radius 3 is 2.63 bits per heavy atom. The van der Waals surface area contributed by atoms with Gasteiger partial charge in [0.1, 0.15) is 5.75 Å². The fourth-order valence-electron chi connectivity index (χ4n) is 2.18. The number of piperidine rings is 1. The molecular weight excluding hydrogens is 266 g/mol. The van der Waals surface area contributed by atoms with Crippen molar-refractivity contribution < 1.29 is 9.53 Å². The monoisotopic (exact) mass is 283 g/mol. The van der Waals surface area contributed by atoms with Gasteiger partial charge in [-0.2, -0.15) is 0 Å². The number of hydrogen-bond donors (Lipinski definition) is 2. The molecule has 0 radical (unpaired) electrons. The van der Waals surface area contributed by atoms with Crippen LogP contribution in [0, 0.1) is 0 Å². The van der Waals surface area contributed by atoms with E-state index in [9.17, 15) is 4.79 Å². The smallest absolute Gasteiger partial charge is 0.257 e. The van der Waals surface area contributed by atoms with Crippen molar-refractivity contribution in [1.82, 2.24) is 4.90 Å². The second-order valence-electron chi connectivity index (χ2n) is 4.70. The lowest BCUT2D eigenvalue weighted by Crippen LogP contribution is -2.42. The Balaban J connectivity index is 2.25. The van der Waals surface area contributed by atoms with Crippen molar-refractivity contribution in [3.05, 3.63) is 22.7 Å². The van der Waals surface area contributed by atoms with Gasteiger partial charge in [0.25, 0.3) is 5.91 Å². The number of carbonyl (C=O) groups is 1. The van der Waals surface area contributed by atoms with E-state index in [1.807, 2.05) is 0 Å². The van der Waals surface area contributed by atoms with Gasteiger partial charge in [0.15, 0.2) is 0 Å². The van der Waals surface area contributed by atoms with Gasteiger partial charge in [0.2, 0.25) is 0 Å². The SMILES string of the molecule is COc1cc(N)c(Cl)cc1C(=O)N1CCC(N)CC1. The molecule has 0 saturated carbocycles. The van der Waals surface area contributed by atoms with Crippen molar-refractivity contribution in [3.63, 3.8) is 0 Å². The number of methoxy groups -OCH3 is 1. The largest absolute Gasteiger partial charge is 0.496 e. The van der Waals surface area contributed by atoms with E-state index in [1.54, 1.807) is 17.0 Å². The highest BCUT2D eigenvalue weighted by molar-refractivity contribution is 6.33. The lowest BCUT2D eigenvalue weighted by Gasteiger charge is -2.30. The Bertz CT molecular complexity index is 485. The second kappa shape index (κ2) is 5.67. The summed E-state index contributed by atoms with van der Waals surface area (Å²) in [5.41, 5.74) is 12.4. The van der Waals surface area contributed by atoms with Crippen molar-refractivity contribution in [1.29, 1.82) is 0 Å². The molecule has 1 aliphatic rings. The molecule has 0 aliphatic carbocycles. The van der Waals surface area contributed by atoms with E-state index >= 15 is 0 Å². The van der Waals surface area contributed by atoms with Crippen LogP contribution < -0.4 is 16.2 Å². The third kappa shape index (κ3) is 2.93. The Morgan fingerprint density at radius 2 is 2.05 bits per heavy atom. The van der Waals surface area contributed by atoms with E-state index in [0.29, 0.717) is 35.1 Å². The van der Waals surface area contributed by atoms with E-state index in [4.69, 9.17) is 27.8 Å². The lowest BCUT2D eigenvalue weighted by molar-refractivity contribution is 0.0711. The summed E-state index contributed by atoms with van der Waals surface area (Å²) in [5, 5.41) is 0.359. The van der Waals surface area contributed by atoms with Gasteiger partial charge in [-0.05, 0) is 18.9 Å². The van der Waals surface area contributed by atoms with E-state index in [2.05, 4.69) is 0 Å². The van der Waals surface area contributed by atoms with E-state index in [1.165, 1.54) is 7.11 Å². The number of nitrogens with two attached hydrogens (primary N) is 2. The highest BCUT2D eigenvalue weighted by Crippen LogP contribution is 2.30. The number of hydrogen-bond acceptors (Lipinski definition) is 4. The summed E-state index contributed by atoms with van der Waals surface area (Å²) in [6.45, 7) is 1.32. The number of benzene rings is 1. The fraction of sp³-hybridized carbons (Fsp3) is 0.462. The minimum Gasteiger partial charge on any atom is -0.496 e. The van der Waals surface area contributed by atoms with Crippen LogP contribution in [-0.4, -0.2) is 37.0 Å². The molecule has 0 bridgehead atoms. The lowest BCUT2D eigenvalue weighted by atomic mass is 10.0. The van der Waals surface area contributed by atoms with Crippen LogP contribution in [0.3, 0.4) is 0 Å². The van der Waals surface area contributed by atoms with Gasteiger partial charge in [0.05, 0.1) is 23.4 Å². The number of likely N-dealkylation sites (tertiary alicyclic amines) is 1. The number of amides is 1. The summed E-state index contributed by atoms with van der Waals surface area (Å²) in [6, 6.07) is 3.32. The first kappa shape index (κ1) is 14.0. The number of carbonyl (C=O) groups excluding carboxylic acids is 1. The van der Waals surface area contributed by atoms with Crippen LogP contribution in [0.5, 0.6) is 5.75 Å². The maximum absolute atomic E-state index is 12.5. The number of ether oxygens (including phenoxy) is 1. The molecule has 6 heteroatoms. The average Bonchev–Trinajstić information content (AvgIpc) is 2.41. The minimum absolute atomic E-state index is 0.0920. The normalized spacial score (nSPS) is 16.5. The van der Waals surface area contributed by atoms with Crippen LogP contribution in [0.4, 0.5) is 5.69 Å². The van der Waals surface area contributed by atoms with E-state index < -0.39 is 0 Å². The first-order valence-corrected chi connectivity index (χ1v) is 6.58. The number of nitrogens with zero attached hydrogens (tertiary/aromatic N) is 1. The third-order valence-corrected chi connectivity index (χ3v) is 3.70. The summed E-state index contributed by atoms with van der Waals surface area (Å²) in [7, 11) is 1.51. The Labute approximate surface area is 117 Å². The molecule has 0 atom stereocenters. The summed E-state index contributed by atoms with van der Waals surface area (Å²) >= 11 is 5.98. The summed E-state index contributed by atoms with van der Waals surface area (Å²) in [6.07, 6.45) is 1.63. The zero-order valence-electron chi connectivity index (χ0n) is 10.9. The van der Waals surface area contributed by atoms with E-state index in [-0.39, 0.29) is 11.9 Å². The molecule has 0 spiro atoms. The molecule has 0 unspecified atom stereocenters. The third-order valence-electron chi connectivity index (χ3n) is 3.38. The molecule has 1 aromatic carbocycles. The maximum atomic E-state index is 12.5. The molecule has 1 heterocycles. The fourth-order valence-corrected chi connectivity index (χ4v) is 2.34. The Hall–Kier alpha value is -1.46. The number of nitrogen functional groups attached to an aromatic ring is 1. The molecule has 1 aromatic rings. The molecule has 1 aliphatic heterocycles. The van der Waals surface area contributed by atoms with Crippen molar-refractivity contribution in [2.75, 3.05) is 25.9 Å². The average molecular weight is 284 g/mol. The summed E-state index contributed by atoms with van der Waals surface area (Å²) < 4.78 is 5.20. The van der Waals surface area contributed by atoms with Crippen LogP contribution >= 0.6 is 11.6 Å². The van der Waals surface area contributed by atoms with Gasteiger partial charge >= 0.3 is 0 Å². The summed E-state index contributed by atoms with van der Waals surface area (Å²) in [4.78, 5) is 14.2. The van der Waals surface area contributed by atoms with Gasteiger partial charge in [0, 0.05) is 25.2 Å². The minimum atomic E-state index is -0.0920. The predicted molar refractivity (Wildman–Crippen MR) is 75.5 cm³/mol. The van der Waals surface area contributed by atoms with Gasteiger partial charge in [-0.1, -0.05) is 11.6 Å². The van der Waals surface area contributed by atoms with Gasteiger partial charge in [-0.3, -0.25) is 4.79 Å². The van der Waals surface area contributed by atoms with Crippen molar-refractivity contribution >= 4 is 23.2 Å². The van der Waals surface area contributed by atoms with Crippen LogP contribution in [0.1, 0.15) is 23.2 Å². The van der Waals surface area contributed by atoms with Crippen molar-refractivity contribution in [2.45, 2.75) is 18.9 Å². The van der Waals surface area contributed by atoms with Crippen molar-refractivity contribution in [3.8, 4) is 5.75 Å². The molecule has 2 rings (SSSR count). The number of halogens is 1. The quantitative estimate of drug-likeness (QED) is 0.806. The van der Waals surface area contributed by atoms with Gasteiger partial charge < -0.3 is 21.1 Å². The van der Waals surface area contributed by atoms with Crippen LogP contribution in [-0.2, 0) is 0 Å². The van der Waals surface area contributed by atoms with Crippen LogP contribution in [0.15, 0.2) is 12.1 Å². The van der Waals surface area contributed by atoms with Crippen LogP contribution in [0.2, 0.25) is 5.02 Å². The molecule has 1 fully saturated rings. The summed E-state index contributed by atoms with van der Waals surface area (Å²) in [5.74, 6) is 0.354. The number of rotatable bonds is 2. The van der Waals surface area contributed by atoms with Gasteiger partial charge in [-0.25, -0.2) is 0 Å². The predicted octanol–water partition coefficient (Wildman–Crippen LogP) is 1.49. The molecular formula is C13H18ClN3O2. The first-order valence-electron chi connectivity index (χ1n) is 6.20. The molecule has 104 valence electrons. The first-order chi connectivity index (χ1) is 9.02. The van der Waals surface area contributed by atoms with Gasteiger partial charge in [-0.15, -0.1) is 0 Å². The second-order valence-corrected chi connectivity index (χ2v) is 5.11.